The molecule has 2 N–H and O–H groups in total. The van der Waals surface area contributed by atoms with E-state index in [4.69, 9.17) is 4.74 Å². The van der Waals surface area contributed by atoms with Crippen LogP contribution in [-0.4, -0.2) is 22.5 Å². The number of rotatable bonds is 5. The molecule has 32 heavy (non-hydrogen) atoms. The van der Waals surface area contributed by atoms with Gasteiger partial charge in [-0.15, -0.1) is 0 Å². The van der Waals surface area contributed by atoms with Gasteiger partial charge < -0.3 is 15.0 Å². The summed E-state index contributed by atoms with van der Waals surface area (Å²) < 4.78 is 5.81. The molecule has 1 atom stereocenters. The van der Waals surface area contributed by atoms with Gasteiger partial charge >= 0.3 is 0 Å². The third kappa shape index (κ3) is 4.12. The van der Waals surface area contributed by atoms with Crippen molar-refractivity contribution in [3.8, 4) is 16.9 Å². The van der Waals surface area contributed by atoms with Gasteiger partial charge in [-0.3, -0.25) is 9.59 Å². The van der Waals surface area contributed by atoms with Gasteiger partial charge in [-0.1, -0.05) is 48.5 Å². The number of nitrogens with one attached hydrogen (secondary N) is 2. The summed E-state index contributed by atoms with van der Waals surface area (Å²) in [5.41, 5.74) is 3.66. The fourth-order valence-electron chi connectivity index (χ4n) is 4.11. The van der Waals surface area contributed by atoms with Gasteiger partial charge in [-0.05, 0) is 35.4 Å². The van der Waals surface area contributed by atoms with E-state index in [2.05, 4.69) is 33.5 Å². The van der Waals surface area contributed by atoms with Crippen LogP contribution in [0.15, 0.2) is 77.6 Å². The first kappa shape index (κ1) is 20.0. The maximum absolute atomic E-state index is 12.7. The number of nitrogens with zero attached hydrogens (tertiary/aromatic N) is 1. The Kier molecular flexibility index (Phi) is 5.42. The lowest BCUT2D eigenvalue weighted by molar-refractivity contribution is -0.122. The summed E-state index contributed by atoms with van der Waals surface area (Å²) in [6.07, 6.45) is 1.32. The third-order valence-electron chi connectivity index (χ3n) is 5.74. The maximum Gasteiger partial charge on any atom is 0.258 e. The number of benzene rings is 3. The largest absolute Gasteiger partial charge is 0.493 e. The molecule has 6 heteroatoms. The minimum absolute atomic E-state index is 0.0798. The molecule has 4 aromatic rings. The highest BCUT2D eigenvalue weighted by Crippen LogP contribution is 2.35. The third-order valence-corrected chi connectivity index (χ3v) is 5.74. The molecule has 2 heterocycles. The van der Waals surface area contributed by atoms with Crippen LogP contribution in [0.3, 0.4) is 0 Å². The molecule has 0 radical (unpaired) electrons. The van der Waals surface area contributed by atoms with E-state index in [1.165, 1.54) is 0 Å². The van der Waals surface area contributed by atoms with E-state index in [0.29, 0.717) is 36.2 Å². The van der Waals surface area contributed by atoms with Crippen LogP contribution < -0.4 is 15.6 Å². The standard InChI is InChI=1S/C26H23N3O3/c30-25(13-12-24-27-21-9-5-4-8-19(21)26(31)29-24)28-22-14-15-32-23-11-10-18(16-20(22)23)17-6-2-1-3-7-17/h1-11,16,22H,12-15H2,(H,28,30)(H,27,29,31). The number of aromatic amines is 1. The van der Waals surface area contributed by atoms with E-state index in [1.54, 1.807) is 18.2 Å². The Balaban J connectivity index is 1.30. The van der Waals surface area contributed by atoms with E-state index in [-0.39, 0.29) is 23.9 Å². The van der Waals surface area contributed by atoms with Crippen LogP contribution in [0, 0.1) is 0 Å². The molecule has 1 aromatic heterocycles. The zero-order valence-electron chi connectivity index (χ0n) is 17.5. The van der Waals surface area contributed by atoms with Gasteiger partial charge in [-0.25, -0.2) is 4.98 Å². The Morgan fingerprint density at radius 2 is 1.84 bits per heavy atom. The van der Waals surface area contributed by atoms with Crippen LogP contribution in [0.1, 0.15) is 30.3 Å². The molecule has 1 aliphatic heterocycles. The predicted molar refractivity (Wildman–Crippen MR) is 124 cm³/mol. The number of aromatic nitrogens is 2. The molecule has 0 bridgehead atoms. The van der Waals surface area contributed by atoms with Crippen molar-refractivity contribution < 1.29 is 9.53 Å². The highest BCUT2D eigenvalue weighted by molar-refractivity contribution is 5.78. The van der Waals surface area contributed by atoms with E-state index in [9.17, 15) is 9.59 Å². The number of carbonyl (C=O) groups is 1. The summed E-state index contributed by atoms with van der Waals surface area (Å²) in [5.74, 6) is 1.24. The van der Waals surface area contributed by atoms with Crippen LogP contribution in [0.5, 0.6) is 5.75 Å². The van der Waals surface area contributed by atoms with Gasteiger partial charge in [0, 0.05) is 24.8 Å². The van der Waals surface area contributed by atoms with Gasteiger partial charge in [-0.2, -0.15) is 0 Å². The smallest absolute Gasteiger partial charge is 0.258 e. The van der Waals surface area contributed by atoms with Gasteiger partial charge in [0.15, 0.2) is 0 Å². The second-order valence-corrected chi connectivity index (χ2v) is 7.91. The molecule has 1 unspecified atom stereocenters. The molecule has 160 valence electrons. The molecule has 1 aliphatic rings. The molecule has 6 nitrogen and oxygen atoms in total. The number of aryl methyl sites for hydroxylation is 1. The van der Waals surface area contributed by atoms with Crippen LogP contribution in [-0.2, 0) is 11.2 Å². The van der Waals surface area contributed by atoms with Crippen LogP contribution in [0.4, 0.5) is 0 Å². The van der Waals surface area contributed by atoms with Crippen molar-refractivity contribution in [2.75, 3.05) is 6.61 Å². The quantitative estimate of drug-likeness (QED) is 0.503. The van der Waals surface area contributed by atoms with Crippen molar-refractivity contribution in [3.63, 3.8) is 0 Å². The molecule has 0 aliphatic carbocycles. The van der Waals surface area contributed by atoms with Crippen LogP contribution >= 0.6 is 0 Å². The first-order chi connectivity index (χ1) is 15.7. The van der Waals surface area contributed by atoms with E-state index < -0.39 is 0 Å². The Labute approximate surface area is 185 Å². The lowest BCUT2D eigenvalue weighted by atomic mass is 9.95. The monoisotopic (exact) mass is 425 g/mol. The summed E-state index contributed by atoms with van der Waals surface area (Å²) in [7, 11) is 0. The van der Waals surface area contributed by atoms with Gasteiger partial charge in [0.2, 0.25) is 5.91 Å². The fourth-order valence-corrected chi connectivity index (χ4v) is 4.11. The van der Waals surface area contributed by atoms with Crippen LogP contribution in [0.2, 0.25) is 0 Å². The summed E-state index contributed by atoms with van der Waals surface area (Å²) in [6.45, 7) is 0.558. The summed E-state index contributed by atoms with van der Waals surface area (Å²) in [4.78, 5) is 32.2. The second-order valence-electron chi connectivity index (χ2n) is 7.91. The highest BCUT2D eigenvalue weighted by Gasteiger charge is 2.23. The van der Waals surface area contributed by atoms with Crippen molar-refractivity contribution in [3.05, 3.63) is 94.5 Å². The number of carbonyl (C=O) groups excluding carboxylic acids is 1. The van der Waals surface area contributed by atoms with Crippen molar-refractivity contribution in [1.29, 1.82) is 0 Å². The number of hydrogen-bond donors (Lipinski definition) is 2. The Hall–Kier alpha value is -3.93. The number of para-hydroxylation sites is 1. The molecule has 0 spiro atoms. The second kappa shape index (κ2) is 8.67. The van der Waals surface area contributed by atoms with Crippen molar-refractivity contribution in [1.82, 2.24) is 15.3 Å². The highest BCUT2D eigenvalue weighted by atomic mass is 16.5. The maximum atomic E-state index is 12.7. The van der Waals surface area contributed by atoms with Gasteiger partial charge in [0.05, 0.1) is 23.6 Å². The normalized spacial score (nSPS) is 15.1. The van der Waals surface area contributed by atoms with Gasteiger partial charge in [0.1, 0.15) is 11.6 Å². The molecule has 0 saturated heterocycles. The topological polar surface area (TPSA) is 84.1 Å². The Bertz CT molecular complexity index is 1330. The summed E-state index contributed by atoms with van der Waals surface area (Å²) in [6, 6.07) is 23.3. The zero-order valence-corrected chi connectivity index (χ0v) is 17.5. The number of ether oxygens (including phenoxy) is 1. The van der Waals surface area contributed by atoms with E-state index >= 15 is 0 Å². The Morgan fingerprint density at radius 3 is 2.72 bits per heavy atom. The first-order valence-electron chi connectivity index (χ1n) is 10.8. The molecular weight excluding hydrogens is 402 g/mol. The number of hydrogen-bond acceptors (Lipinski definition) is 4. The first-order valence-corrected chi connectivity index (χ1v) is 10.8. The average Bonchev–Trinajstić information content (AvgIpc) is 2.83. The molecular formula is C26H23N3O3. The minimum atomic E-state index is -0.183. The summed E-state index contributed by atoms with van der Waals surface area (Å²) in [5, 5.41) is 3.69. The Morgan fingerprint density at radius 1 is 1.03 bits per heavy atom. The molecule has 3 aromatic carbocycles. The van der Waals surface area contributed by atoms with Crippen molar-refractivity contribution in [2.24, 2.45) is 0 Å². The molecule has 1 amide bonds. The van der Waals surface area contributed by atoms with Crippen molar-refractivity contribution in [2.45, 2.75) is 25.3 Å². The summed E-state index contributed by atoms with van der Waals surface area (Å²) >= 11 is 0. The average molecular weight is 425 g/mol. The van der Waals surface area contributed by atoms with Crippen molar-refractivity contribution >= 4 is 16.8 Å². The van der Waals surface area contributed by atoms with Crippen LogP contribution in [0.25, 0.3) is 22.0 Å². The van der Waals surface area contributed by atoms with E-state index in [1.807, 2.05) is 36.4 Å². The molecule has 0 saturated carbocycles. The number of fused-ring (bicyclic) bond motifs is 2. The van der Waals surface area contributed by atoms with Gasteiger partial charge in [0.25, 0.3) is 5.56 Å². The predicted octanol–water partition coefficient (Wildman–Crippen LogP) is 4.16. The lowest BCUT2D eigenvalue weighted by Gasteiger charge is -2.27. The van der Waals surface area contributed by atoms with E-state index in [0.717, 1.165) is 22.4 Å². The fraction of sp³-hybridized carbons (Fsp3) is 0.192. The number of amides is 1. The number of H-pyrrole nitrogens is 1. The zero-order chi connectivity index (χ0) is 21.9. The minimum Gasteiger partial charge on any atom is -0.493 e. The molecule has 5 rings (SSSR count). The SMILES string of the molecule is O=C(CCc1nc2ccccc2c(=O)[nH]1)NC1CCOc2ccc(-c3ccccc3)cc21. The lowest BCUT2D eigenvalue weighted by Crippen LogP contribution is -2.32. The molecule has 0 fully saturated rings.